The van der Waals surface area contributed by atoms with Crippen molar-refractivity contribution in [1.29, 1.82) is 0 Å². The van der Waals surface area contributed by atoms with Gasteiger partial charge in [-0.15, -0.1) is 5.10 Å². The van der Waals surface area contributed by atoms with Crippen molar-refractivity contribution in [1.82, 2.24) is 19.9 Å². The molecule has 21 heavy (non-hydrogen) atoms. The van der Waals surface area contributed by atoms with Crippen molar-refractivity contribution in [2.75, 3.05) is 19.6 Å². The van der Waals surface area contributed by atoms with Gasteiger partial charge in [-0.05, 0) is 44.1 Å². The van der Waals surface area contributed by atoms with E-state index in [2.05, 4.69) is 24.2 Å². The van der Waals surface area contributed by atoms with Gasteiger partial charge in [0.1, 0.15) is 6.54 Å². The summed E-state index contributed by atoms with van der Waals surface area (Å²) < 4.78 is 1.66. The Bertz CT molecular complexity index is 449. The molecule has 2 unspecified atom stereocenters. The highest BCUT2D eigenvalue weighted by atomic mass is 16.2. The van der Waals surface area contributed by atoms with Gasteiger partial charge in [0.15, 0.2) is 0 Å². The van der Waals surface area contributed by atoms with Crippen LogP contribution in [0, 0.1) is 11.8 Å². The lowest BCUT2D eigenvalue weighted by Crippen LogP contribution is -2.44. The molecule has 1 aromatic heterocycles. The van der Waals surface area contributed by atoms with Gasteiger partial charge in [-0.25, -0.2) is 4.68 Å². The second-order valence-corrected chi connectivity index (χ2v) is 6.40. The number of rotatable bonds is 6. The summed E-state index contributed by atoms with van der Waals surface area (Å²) >= 11 is 0. The SMILES string of the molecule is CC1CC(C)CN(C(=O)Cn2cc(CCCCN)nn2)C1. The molecule has 0 bridgehead atoms. The lowest BCUT2D eigenvalue weighted by atomic mass is 9.92. The Morgan fingerprint density at radius 1 is 1.33 bits per heavy atom. The van der Waals surface area contributed by atoms with Gasteiger partial charge < -0.3 is 10.6 Å². The van der Waals surface area contributed by atoms with Gasteiger partial charge in [-0.1, -0.05) is 19.1 Å². The van der Waals surface area contributed by atoms with Crippen LogP contribution in [-0.2, 0) is 17.8 Å². The molecule has 0 saturated carbocycles. The molecular formula is C15H27N5O. The van der Waals surface area contributed by atoms with Gasteiger partial charge in [0.2, 0.25) is 5.91 Å². The zero-order chi connectivity index (χ0) is 15.2. The first-order valence-electron chi connectivity index (χ1n) is 7.95. The summed E-state index contributed by atoms with van der Waals surface area (Å²) in [7, 11) is 0. The summed E-state index contributed by atoms with van der Waals surface area (Å²) in [5, 5.41) is 8.17. The van der Waals surface area contributed by atoms with Crippen molar-refractivity contribution in [3.8, 4) is 0 Å². The van der Waals surface area contributed by atoms with E-state index in [1.165, 1.54) is 6.42 Å². The molecule has 0 radical (unpaired) electrons. The van der Waals surface area contributed by atoms with Gasteiger partial charge in [0, 0.05) is 19.3 Å². The molecule has 1 aliphatic heterocycles. The van der Waals surface area contributed by atoms with Crippen molar-refractivity contribution in [2.45, 2.75) is 46.1 Å². The minimum atomic E-state index is 0.145. The number of aromatic nitrogens is 3. The lowest BCUT2D eigenvalue weighted by molar-refractivity contribution is -0.134. The van der Waals surface area contributed by atoms with E-state index in [1.807, 2.05) is 11.1 Å². The maximum Gasteiger partial charge on any atom is 0.244 e. The molecule has 1 saturated heterocycles. The van der Waals surface area contributed by atoms with Crippen molar-refractivity contribution >= 4 is 5.91 Å². The molecule has 1 aromatic rings. The molecule has 6 heteroatoms. The highest BCUT2D eigenvalue weighted by Crippen LogP contribution is 2.21. The van der Waals surface area contributed by atoms with Crippen LogP contribution in [-0.4, -0.2) is 45.4 Å². The predicted molar refractivity (Wildman–Crippen MR) is 81.5 cm³/mol. The van der Waals surface area contributed by atoms with Crippen LogP contribution in [0.3, 0.4) is 0 Å². The van der Waals surface area contributed by atoms with Crippen LogP contribution in [0.1, 0.15) is 38.8 Å². The molecule has 6 nitrogen and oxygen atoms in total. The minimum Gasteiger partial charge on any atom is -0.341 e. The number of nitrogens with two attached hydrogens (primary N) is 1. The van der Waals surface area contributed by atoms with E-state index in [-0.39, 0.29) is 5.91 Å². The number of nitrogens with zero attached hydrogens (tertiary/aromatic N) is 4. The standard InChI is InChI=1S/C15H27N5O/c1-12-7-13(2)9-19(8-12)15(21)11-20-10-14(17-18-20)5-3-4-6-16/h10,12-13H,3-9,11,16H2,1-2H3. The second-order valence-electron chi connectivity index (χ2n) is 6.40. The van der Waals surface area contributed by atoms with Crippen molar-refractivity contribution in [3.05, 3.63) is 11.9 Å². The van der Waals surface area contributed by atoms with Crippen molar-refractivity contribution in [3.63, 3.8) is 0 Å². The molecule has 1 fully saturated rings. The summed E-state index contributed by atoms with van der Waals surface area (Å²) in [4.78, 5) is 14.3. The highest BCUT2D eigenvalue weighted by molar-refractivity contribution is 5.76. The van der Waals surface area contributed by atoms with Crippen LogP contribution in [0.15, 0.2) is 6.20 Å². The molecule has 0 aromatic carbocycles. The fourth-order valence-corrected chi connectivity index (χ4v) is 3.09. The summed E-state index contributed by atoms with van der Waals surface area (Å²) in [5.41, 5.74) is 6.42. The number of carbonyl (C=O) groups is 1. The largest absolute Gasteiger partial charge is 0.341 e. The number of carbonyl (C=O) groups excluding carboxylic acids is 1. The molecular weight excluding hydrogens is 266 g/mol. The molecule has 2 rings (SSSR count). The van der Waals surface area contributed by atoms with Crippen LogP contribution in [0.5, 0.6) is 0 Å². The first kappa shape index (κ1) is 15.9. The maximum absolute atomic E-state index is 12.3. The number of likely N-dealkylation sites (tertiary alicyclic amines) is 1. The Hall–Kier alpha value is -1.43. The Balaban J connectivity index is 1.84. The second kappa shape index (κ2) is 7.54. The van der Waals surface area contributed by atoms with Crippen LogP contribution in [0.25, 0.3) is 0 Å². The summed E-state index contributed by atoms with van der Waals surface area (Å²) in [6.45, 7) is 7.14. The maximum atomic E-state index is 12.3. The van der Waals surface area contributed by atoms with Crippen molar-refractivity contribution < 1.29 is 4.79 Å². The van der Waals surface area contributed by atoms with Gasteiger partial charge in [0.05, 0.1) is 5.69 Å². The molecule has 0 spiro atoms. The molecule has 2 N–H and O–H groups in total. The normalized spacial score (nSPS) is 22.5. The van der Waals surface area contributed by atoms with Crippen LogP contribution < -0.4 is 5.73 Å². The molecule has 118 valence electrons. The Morgan fingerprint density at radius 2 is 2.05 bits per heavy atom. The quantitative estimate of drug-likeness (QED) is 0.796. The topological polar surface area (TPSA) is 77.0 Å². The average molecular weight is 293 g/mol. The van der Waals surface area contributed by atoms with Gasteiger partial charge >= 0.3 is 0 Å². The summed E-state index contributed by atoms with van der Waals surface area (Å²) in [5.74, 6) is 1.31. The van der Waals surface area contributed by atoms with Crippen LogP contribution in [0.2, 0.25) is 0 Å². The van der Waals surface area contributed by atoms with E-state index < -0.39 is 0 Å². The number of amides is 1. The van der Waals surface area contributed by atoms with Gasteiger partial charge in [-0.3, -0.25) is 4.79 Å². The Morgan fingerprint density at radius 3 is 2.71 bits per heavy atom. The fourth-order valence-electron chi connectivity index (χ4n) is 3.09. The Labute approximate surface area is 126 Å². The molecule has 2 heterocycles. The van der Waals surface area contributed by atoms with E-state index in [0.717, 1.165) is 38.0 Å². The van der Waals surface area contributed by atoms with E-state index in [4.69, 9.17) is 5.73 Å². The summed E-state index contributed by atoms with van der Waals surface area (Å²) in [6.07, 6.45) is 5.98. The Kier molecular flexibility index (Phi) is 5.73. The van der Waals surface area contributed by atoms with Crippen LogP contribution >= 0.6 is 0 Å². The fraction of sp³-hybridized carbons (Fsp3) is 0.800. The zero-order valence-corrected chi connectivity index (χ0v) is 13.2. The van der Waals surface area contributed by atoms with E-state index >= 15 is 0 Å². The molecule has 1 amide bonds. The molecule has 2 atom stereocenters. The number of hydrogen-bond donors (Lipinski definition) is 1. The minimum absolute atomic E-state index is 0.145. The number of unbranched alkanes of at least 4 members (excludes halogenated alkanes) is 1. The van der Waals surface area contributed by atoms with E-state index in [0.29, 0.717) is 24.9 Å². The van der Waals surface area contributed by atoms with E-state index in [9.17, 15) is 4.79 Å². The number of hydrogen-bond acceptors (Lipinski definition) is 4. The highest BCUT2D eigenvalue weighted by Gasteiger charge is 2.25. The van der Waals surface area contributed by atoms with Crippen molar-refractivity contribution in [2.24, 2.45) is 17.6 Å². The van der Waals surface area contributed by atoms with Gasteiger partial charge in [-0.2, -0.15) is 0 Å². The molecule has 1 aliphatic rings. The third kappa shape index (κ3) is 4.81. The monoisotopic (exact) mass is 293 g/mol. The van der Waals surface area contributed by atoms with Gasteiger partial charge in [0.25, 0.3) is 0 Å². The number of piperidine rings is 1. The third-order valence-electron chi connectivity index (χ3n) is 3.99. The third-order valence-corrected chi connectivity index (χ3v) is 3.99. The van der Waals surface area contributed by atoms with Crippen LogP contribution in [0.4, 0.5) is 0 Å². The van der Waals surface area contributed by atoms with E-state index in [1.54, 1.807) is 4.68 Å². The zero-order valence-electron chi connectivity index (χ0n) is 13.2. The number of aryl methyl sites for hydroxylation is 1. The first-order chi connectivity index (χ1) is 10.1. The smallest absolute Gasteiger partial charge is 0.244 e. The molecule has 0 aliphatic carbocycles. The average Bonchev–Trinajstić information content (AvgIpc) is 2.85. The summed E-state index contributed by atoms with van der Waals surface area (Å²) in [6, 6.07) is 0. The first-order valence-corrected chi connectivity index (χ1v) is 7.95. The predicted octanol–water partition coefficient (Wildman–Crippen LogP) is 1.06. The lowest BCUT2D eigenvalue weighted by Gasteiger charge is -2.34.